The molecule has 7 heteroatoms. The third-order valence-corrected chi connectivity index (χ3v) is 4.91. The lowest BCUT2D eigenvalue weighted by Gasteiger charge is -2.26. The van der Waals surface area contributed by atoms with E-state index in [1.54, 1.807) is 11.9 Å². The molecule has 0 aromatic heterocycles. The highest BCUT2D eigenvalue weighted by Crippen LogP contribution is 2.21. The van der Waals surface area contributed by atoms with Gasteiger partial charge in [0.25, 0.3) is 15.0 Å². The van der Waals surface area contributed by atoms with Gasteiger partial charge in [-0.1, -0.05) is 0 Å². The summed E-state index contributed by atoms with van der Waals surface area (Å²) in [6, 6.07) is 5.64. The molecule has 0 radical (unpaired) electrons. The van der Waals surface area contributed by atoms with Crippen LogP contribution in [0.15, 0.2) is 29.2 Å². The molecule has 1 aliphatic rings. The molecule has 1 aromatic rings. The van der Waals surface area contributed by atoms with Crippen molar-refractivity contribution in [2.45, 2.75) is 30.4 Å². The number of benzene rings is 1. The highest BCUT2D eigenvalue weighted by molar-refractivity contribution is 8.13. The SMILES string of the molecule is CC1OCCC1N(C)C(=O)c1ccc(S(=O)(=O)Cl)cc1. The van der Waals surface area contributed by atoms with Crippen molar-refractivity contribution >= 4 is 25.6 Å². The summed E-state index contributed by atoms with van der Waals surface area (Å²) < 4.78 is 27.8. The molecule has 1 fully saturated rings. The molecule has 0 saturated carbocycles. The van der Waals surface area contributed by atoms with E-state index in [2.05, 4.69) is 0 Å². The van der Waals surface area contributed by atoms with Crippen molar-refractivity contribution in [2.24, 2.45) is 0 Å². The van der Waals surface area contributed by atoms with E-state index in [0.29, 0.717) is 12.2 Å². The third-order valence-electron chi connectivity index (χ3n) is 3.54. The Labute approximate surface area is 122 Å². The number of ether oxygens (including phenoxy) is 1. The first kappa shape index (κ1) is 15.3. The summed E-state index contributed by atoms with van der Waals surface area (Å²) in [7, 11) is 3.20. The fourth-order valence-corrected chi connectivity index (χ4v) is 3.11. The van der Waals surface area contributed by atoms with Gasteiger partial charge in [-0.2, -0.15) is 0 Å². The van der Waals surface area contributed by atoms with Crippen LogP contribution in [0.2, 0.25) is 0 Å². The molecular weight excluding hydrogens is 302 g/mol. The van der Waals surface area contributed by atoms with E-state index < -0.39 is 9.05 Å². The van der Waals surface area contributed by atoms with Crippen LogP contribution in [-0.2, 0) is 13.8 Å². The van der Waals surface area contributed by atoms with Gasteiger partial charge in [0.2, 0.25) is 0 Å². The normalized spacial score (nSPS) is 22.8. The summed E-state index contributed by atoms with van der Waals surface area (Å²) in [5, 5.41) is 0. The van der Waals surface area contributed by atoms with Crippen LogP contribution in [0.5, 0.6) is 0 Å². The molecule has 1 aliphatic heterocycles. The minimum Gasteiger partial charge on any atom is -0.376 e. The summed E-state index contributed by atoms with van der Waals surface area (Å²) in [6.45, 7) is 2.58. The topological polar surface area (TPSA) is 63.7 Å². The molecule has 2 atom stereocenters. The standard InChI is InChI=1S/C13H16ClNO4S/c1-9-12(7-8-19-9)15(2)13(16)10-3-5-11(6-4-10)20(14,17)18/h3-6,9,12H,7-8H2,1-2H3. The number of carbonyl (C=O) groups is 1. The van der Waals surface area contributed by atoms with Crippen molar-refractivity contribution in [3.05, 3.63) is 29.8 Å². The molecule has 1 heterocycles. The molecule has 2 unspecified atom stereocenters. The van der Waals surface area contributed by atoms with E-state index in [-0.39, 0.29) is 22.9 Å². The monoisotopic (exact) mass is 317 g/mol. The number of rotatable bonds is 3. The average Bonchev–Trinajstić information content (AvgIpc) is 2.82. The molecule has 0 bridgehead atoms. The zero-order valence-electron chi connectivity index (χ0n) is 11.2. The zero-order valence-corrected chi connectivity index (χ0v) is 12.8. The Hall–Kier alpha value is -1.11. The number of amides is 1. The minimum atomic E-state index is -3.76. The van der Waals surface area contributed by atoms with Gasteiger partial charge in [0, 0.05) is 29.9 Å². The third kappa shape index (κ3) is 3.13. The van der Waals surface area contributed by atoms with Crippen molar-refractivity contribution in [3.8, 4) is 0 Å². The van der Waals surface area contributed by atoms with Crippen LogP contribution >= 0.6 is 10.7 Å². The largest absolute Gasteiger partial charge is 0.376 e. The van der Waals surface area contributed by atoms with E-state index in [4.69, 9.17) is 15.4 Å². The van der Waals surface area contributed by atoms with E-state index in [0.717, 1.165) is 6.42 Å². The first-order valence-corrected chi connectivity index (χ1v) is 8.55. The Balaban J connectivity index is 2.17. The molecule has 1 saturated heterocycles. The van der Waals surface area contributed by atoms with Gasteiger partial charge in [-0.05, 0) is 37.6 Å². The molecular formula is C13H16ClNO4S. The van der Waals surface area contributed by atoms with E-state index in [9.17, 15) is 13.2 Å². The van der Waals surface area contributed by atoms with Crippen LogP contribution in [-0.4, -0.2) is 45.0 Å². The smallest absolute Gasteiger partial charge is 0.261 e. The number of hydrogen-bond acceptors (Lipinski definition) is 4. The average molecular weight is 318 g/mol. The molecule has 5 nitrogen and oxygen atoms in total. The second-order valence-electron chi connectivity index (χ2n) is 4.81. The van der Waals surface area contributed by atoms with Gasteiger partial charge < -0.3 is 9.64 Å². The molecule has 2 rings (SSSR count). The molecule has 1 aromatic carbocycles. The van der Waals surface area contributed by atoms with Gasteiger partial charge in [0.15, 0.2) is 0 Å². The first-order valence-electron chi connectivity index (χ1n) is 6.24. The number of carbonyl (C=O) groups excluding carboxylic acids is 1. The quantitative estimate of drug-likeness (QED) is 0.798. The predicted molar refractivity (Wildman–Crippen MR) is 75.4 cm³/mol. The molecule has 0 aliphatic carbocycles. The Morgan fingerprint density at radius 1 is 1.35 bits per heavy atom. The zero-order chi connectivity index (χ0) is 14.9. The van der Waals surface area contributed by atoms with Crippen LogP contribution in [0.4, 0.5) is 0 Å². The van der Waals surface area contributed by atoms with Crippen molar-refractivity contribution in [2.75, 3.05) is 13.7 Å². The maximum atomic E-state index is 12.3. The molecule has 0 spiro atoms. The van der Waals surface area contributed by atoms with Crippen molar-refractivity contribution in [1.29, 1.82) is 0 Å². The second kappa shape index (κ2) is 5.71. The number of halogens is 1. The van der Waals surface area contributed by atoms with E-state index in [1.807, 2.05) is 6.92 Å². The fraction of sp³-hybridized carbons (Fsp3) is 0.462. The van der Waals surface area contributed by atoms with Gasteiger partial charge in [0.05, 0.1) is 17.0 Å². The van der Waals surface area contributed by atoms with Crippen LogP contribution in [0, 0.1) is 0 Å². The highest BCUT2D eigenvalue weighted by atomic mass is 35.7. The first-order chi connectivity index (χ1) is 9.30. The van der Waals surface area contributed by atoms with Gasteiger partial charge in [-0.15, -0.1) is 0 Å². The lowest BCUT2D eigenvalue weighted by atomic mass is 10.1. The number of likely N-dealkylation sites (N-methyl/N-ethyl adjacent to an activating group) is 1. The Bertz CT molecular complexity index is 599. The lowest BCUT2D eigenvalue weighted by Crippen LogP contribution is -2.40. The van der Waals surface area contributed by atoms with Crippen molar-refractivity contribution in [3.63, 3.8) is 0 Å². The lowest BCUT2D eigenvalue weighted by molar-refractivity contribution is 0.0574. The summed E-state index contributed by atoms with van der Waals surface area (Å²) in [5.74, 6) is -0.161. The number of hydrogen-bond donors (Lipinski definition) is 0. The van der Waals surface area contributed by atoms with Crippen LogP contribution < -0.4 is 0 Å². The van der Waals surface area contributed by atoms with Gasteiger partial charge in [-0.25, -0.2) is 8.42 Å². The second-order valence-corrected chi connectivity index (χ2v) is 7.38. The summed E-state index contributed by atoms with van der Waals surface area (Å²) in [5.41, 5.74) is 0.427. The van der Waals surface area contributed by atoms with Crippen LogP contribution in [0.3, 0.4) is 0 Å². The summed E-state index contributed by atoms with van der Waals surface area (Å²) >= 11 is 0. The van der Waals surface area contributed by atoms with Crippen LogP contribution in [0.1, 0.15) is 23.7 Å². The van der Waals surface area contributed by atoms with Crippen molar-refractivity contribution in [1.82, 2.24) is 4.90 Å². The summed E-state index contributed by atoms with van der Waals surface area (Å²) in [6.07, 6.45) is 0.809. The van der Waals surface area contributed by atoms with E-state index in [1.165, 1.54) is 24.3 Å². The maximum Gasteiger partial charge on any atom is 0.261 e. The molecule has 0 N–H and O–H groups in total. The molecule has 110 valence electrons. The maximum absolute atomic E-state index is 12.3. The Morgan fingerprint density at radius 2 is 1.95 bits per heavy atom. The van der Waals surface area contributed by atoms with Gasteiger partial charge >= 0.3 is 0 Å². The fourth-order valence-electron chi connectivity index (χ4n) is 2.34. The Kier molecular flexibility index (Phi) is 4.36. The highest BCUT2D eigenvalue weighted by Gasteiger charge is 2.31. The molecule has 1 amide bonds. The van der Waals surface area contributed by atoms with Gasteiger partial charge in [-0.3, -0.25) is 4.79 Å². The molecule has 20 heavy (non-hydrogen) atoms. The minimum absolute atomic E-state index is 0.00597. The van der Waals surface area contributed by atoms with Crippen LogP contribution in [0.25, 0.3) is 0 Å². The summed E-state index contributed by atoms with van der Waals surface area (Å²) in [4.78, 5) is 13.9. The Morgan fingerprint density at radius 3 is 2.40 bits per heavy atom. The predicted octanol–water partition coefficient (Wildman–Crippen LogP) is 1.86. The van der Waals surface area contributed by atoms with Crippen molar-refractivity contribution < 1.29 is 17.9 Å². The number of nitrogens with zero attached hydrogens (tertiary/aromatic N) is 1. The van der Waals surface area contributed by atoms with E-state index >= 15 is 0 Å². The van der Waals surface area contributed by atoms with Gasteiger partial charge in [0.1, 0.15) is 0 Å².